The fourth-order valence-corrected chi connectivity index (χ4v) is 0.393. The van der Waals surface area contributed by atoms with Crippen molar-refractivity contribution in [3.63, 3.8) is 0 Å². The normalized spacial score (nSPS) is 7.42. The number of nitrogens with two attached hydrogens (primary N) is 2. The number of rotatable bonds is 6. The van der Waals surface area contributed by atoms with Crippen molar-refractivity contribution in [3.8, 4) is 0 Å². The van der Waals surface area contributed by atoms with Gasteiger partial charge in [0.05, 0.1) is 13.0 Å². The lowest BCUT2D eigenvalue weighted by Crippen LogP contribution is -2.04. The van der Waals surface area contributed by atoms with Crippen LogP contribution in [0.1, 0.15) is 19.8 Å². The van der Waals surface area contributed by atoms with Gasteiger partial charge in [-0.05, 0) is 18.6 Å². The molecule has 0 fully saturated rings. The van der Waals surface area contributed by atoms with Crippen LogP contribution in [0.3, 0.4) is 0 Å². The lowest BCUT2D eigenvalue weighted by atomic mass is 10.4. The second kappa shape index (κ2) is 18.0. The van der Waals surface area contributed by atoms with Crippen molar-refractivity contribution in [2.75, 3.05) is 6.61 Å². The maximum atomic E-state index is 10.5. The second-order valence-corrected chi connectivity index (χ2v) is 2.93. The monoisotopic (exact) mass is 270 g/mol. The zero-order chi connectivity index (χ0) is 15.7. The molecule has 4 N–H and O–H groups in total. The van der Waals surface area contributed by atoms with Gasteiger partial charge in [0, 0.05) is 0 Å². The maximum absolute atomic E-state index is 10.5. The van der Waals surface area contributed by atoms with Gasteiger partial charge in [0.15, 0.2) is 0 Å². The molecule has 6 nitrogen and oxygen atoms in total. The third kappa shape index (κ3) is 39.0. The zero-order valence-electron chi connectivity index (χ0n) is 11.3. The SMILES string of the molecule is C=CC(N)=O.C=CC(N)=O.C=CCC(=O)OCCC. The van der Waals surface area contributed by atoms with E-state index in [0.29, 0.717) is 13.0 Å². The minimum Gasteiger partial charge on any atom is -0.465 e. The highest BCUT2D eigenvalue weighted by Gasteiger charge is 1.95. The van der Waals surface area contributed by atoms with E-state index in [9.17, 15) is 14.4 Å². The Kier molecular flexibility index (Phi) is 20.7. The van der Waals surface area contributed by atoms with Crippen molar-refractivity contribution < 1.29 is 19.1 Å². The molecule has 0 heterocycles. The minimum absolute atomic E-state index is 0.188. The number of esters is 1. The van der Waals surface area contributed by atoms with Gasteiger partial charge < -0.3 is 16.2 Å². The van der Waals surface area contributed by atoms with Crippen LogP contribution in [0, 0.1) is 0 Å². The molecule has 6 heteroatoms. The molecule has 0 saturated carbocycles. The second-order valence-electron chi connectivity index (χ2n) is 2.93. The predicted molar refractivity (Wildman–Crippen MR) is 74.8 cm³/mol. The number of amides is 2. The highest BCUT2D eigenvalue weighted by atomic mass is 16.5. The summed E-state index contributed by atoms with van der Waals surface area (Å²) in [5.41, 5.74) is 9.07. The molecule has 0 aliphatic rings. The van der Waals surface area contributed by atoms with Gasteiger partial charge in [-0.1, -0.05) is 26.2 Å². The summed E-state index contributed by atoms with van der Waals surface area (Å²) >= 11 is 0. The van der Waals surface area contributed by atoms with E-state index in [4.69, 9.17) is 4.74 Å². The zero-order valence-corrected chi connectivity index (χ0v) is 11.3. The highest BCUT2D eigenvalue weighted by molar-refractivity contribution is 5.85. The lowest BCUT2D eigenvalue weighted by molar-refractivity contribution is -0.142. The third-order valence-corrected chi connectivity index (χ3v) is 1.18. The van der Waals surface area contributed by atoms with Crippen LogP contribution in [0.2, 0.25) is 0 Å². The van der Waals surface area contributed by atoms with Crippen LogP contribution in [0.25, 0.3) is 0 Å². The third-order valence-electron chi connectivity index (χ3n) is 1.18. The molecule has 0 aliphatic carbocycles. The van der Waals surface area contributed by atoms with E-state index >= 15 is 0 Å². The molecule has 0 aliphatic heterocycles. The van der Waals surface area contributed by atoms with Crippen molar-refractivity contribution in [2.45, 2.75) is 19.8 Å². The molecule has 108 valence electrons. The quantitative estimate of drug-likeness (QED) is 0.423. The van der Waals surface area contributed by atoms with Crippen molar-refractivity contribution >= 4 is 17.8 Å². The van der Waals surface area contributed by atoms with Crippen LogP contribution >= 0.6 is 0 Å². The number of primary amides is 2. The van der Waals surface area contributed by atoms with Crippen LogP contribution in [0.4, 0.5) is 0 Å². The fraction of sp³-hybridized carbons (Fsp3) is 0.308. The smallest absolute Gasteiger partial charge is 0.309 e. The van der Waals surface area contributed by atoms with Gasteiger partial charge in [-0.25, -0.2) is 0 Å². The van der Waals surface area contributed by atoms with Gasteiger partial charge in [0.1, 0.15) is 0 Å². The van der Waals surface area contributed by atoms with Gasteiger partial charge in [-0.15, -0.1) is 6.58 Å². The number of hydrogen-bond acceptors (Lipinski definition) is 4. The van der Waals surface area contributed by atoms with Crippen molar-refractivity contribution in [1.29, 1.82) is 0 Å². The topological polar surface area (TPSA) is 112 Å². The van der Waals surface area contributed by atoms with Gasteiger partial charge in [0.25, 0.3) is 0 Å². The summed E-state index contributed by atoms with van der Waals surface area (Å²) in [6.07, 6.45) is 4.85. The Bertz CT molecular complexity index is 294. The molecule has 2 amide bonds. The first kappa shape index (κ1) is 21.9. The molecule has 0 atom stereocenters. The molecular weight excluding hydrogens is 248 g/mol. The average Bonchev–Trinajstić information content (AvgIpc) is 2.38. The Morgan fingerprint density at radius 1 is 1.05 bits per heavy atom. The highest BCUT2D eigenvalue weighted by Crippen LogP contribution is 1.87. The van der Waals surface area contributed by atoms with Crippen LogP contribution in [0.5, 0.6) is 0 Å². The van der Waals surface area contributed by atoms with Crippen molar-refractivity contribution in [3.05, 3.63) is 38.0 Å². The van der Waals surface area contributed by atoms with E-state index in [-0.39, 0.29) is 5.97 Å². The fourth-order valence-electron chi connectivity index (χ4n) is 0.393. The van der Waals surface area contributed by atoms with Crippen LogP contribution in [-0.4, -0.2) is 24.4 Å². The summed E-state index contributed by atoms with van der Waals surface area (Å²) in [4.78, 5) is 29.5. The van der Waals surface area contributed by atoms with Crippen molar-refractivity contribution in [1.82, 2.24) is 0 Å². The van der Waals surface area contributed by atoms with E-state index in [2.05, 4.69) is 31.2 Å². The van der Waals surface area contributed by atoms with Gasteiger partial charge in [-0.2, -0.15) is 0 Å². The lowest BCUT2D eigenvalue weighted by Gasteiger charge is -1.97. The Morgan fingerprint density at radius 3 is 1.63 bits per heavy atom. The van der Waals surface area contributed by atoms with E-state index < -0.39 is 11.8 Å². The van der Waals surface area contributed by atoms with E-state index in [1.54, 1.807) is 0 Å². The van der Waals surface area contributed by atoms with Crippen molar-refractivity contribution in [2.24, 2.45) is 11.5 Å². The Hall–Kier alpha value is -2.37. The first-order chi connectivity index (χ1) is 8.85. The molecule has 0 unspecified atom stereocenters. The molecule has 0 aromatic heterocycles. The van der Waals surface area contributed by atoms with Gasteiger partial charge >= 0.3 is 5.97 Å². The predicted octanol–water partition coefficient (Wildman–Crippen LogP) is 0.831. The molecule has 19 heavy (non-hydrogen) atoms. The summed E-state index contributed by atoms with van der Waals surface area (Å²) in [6.45, 7) is 12.1. The molecule has 0 spiro atoms. The first-order valence-electron chi connectivity index (χ1n) is 5.45. The van der Waals surface area contributed by atoms with E-state index in [1.165, 1.54) is 6.08 Å². The molecule has 0 radical (unpaired) electrons. The number of ether oxygens (including phenoxy) is 1. The Labute approximate surface area is 113 Å². The molecule has 0 saturated heterocycles. The molecule has 0 aromatic rings. The Morgan fingerprint density at radius 2 is 1.42 bits per heavy atom. The van der Waals surface area contributed by atoms with Crippen LogP contribution < -0.4 is 11.5 Å². The summed E-state index contributed by atoms with van der Waals surface area (Å²) in [6, 6.07) is 0. The van der Waals surface area contributed by atoms with Crippen LogP contribution in [-0.2, 0) is 19.1 Å². The van der Waals surface area contributed by atoms with E-state index in [1.807, 2.05) is 6.92 Å². The van der Waals surface area contributed by atoms with Gasteiger partial charge in [-0.3, -0.25) is 14.4 Å². The molecule has 0 rings (SSSR count). The number of carbonyl (C=O) groups is 3. The maximum Gasteiger partial charge on any atom is 0.309 e. The average molecular weight is 270 g/mol. The van der Waals surface area contributed by atoms with Gasteiger partial charge in [0.2, 0.25) is 11.8 Å². The summed E-state index contributed by atoms with van der Waals surface area (Å²) < 4.78 is 4.72. The van der Waals surface area contributed by atoms with E-state index in [0.717, 1.165) is 18.6 Å². The van der Waals surface area contributed by atoms with Crippen LogP contribution in [0.15, 0.2) is 38.0 Å². The Balaban J connectivity index is -0.000000219. The molecule has 0 aromatic carbocycles. The number of carbonyl (C=O) groups excluding carboxylic acids is 3. The molecular formula is C13H22N2O4. The standard InChI is InChI=1S/C7H12O2.2C3H5NO/c1-3-5-7(8)9-6-4-2;2*1-2-3(4)5/h3H,1,4-6H2,2H3;2*2H,1H2,(H2,4,5). The summed E-state index contributed by atoms with van der Waals surface area (Å²) in [5, 5.41) is 0. The minimum atomic E-state index is -0.481. The molecule has 0 bridgehead atoms. The first-order valence-corrected chi connectivity index (χ1v) is 5.45. The number of hydrogen-bond donors (Lipinski definition) is 2. The summed E-state index contributed by atoms with van der Waals surface area (Å²) in [5.74, 6) is -1.15. The summed E-state index contributed by atoms with van der Waals surface area (Å²) in [7, 11) is 0. The largest absolute Gasteiger partial charge is 0.465 e.